The standard InChI is InChI=1S/C12H27N3O.HI/c1-6-10(2)15-11(13)14-9-12(3,4)7-8-16-5;/h10H,6-9H2,1-5H3,(H3,13,14,15);1H. The van der Waals surface area contributed by atoms with Crippen LogP contribution in [-0.4, -0.2) is 32.3 Å². The van der Waals surface area contributed by atoms with Crippen LogP contribution in [0.2, 0.25) is 0 Å². The Bertz CT molecular complexity index is 220. The summed E-state index contributed by atoms with van der Waals surface area (Å²) in [4.78, 5) is 4.36. The van der Waals surface area contributed by atoms with Crippen LogP contribution in [0.15, 0.2) is 4.99 Å². The molecule has 0 rings (SSSR count). The molecule has 0 aliphatic carbocycles. The first-order valence-corrected chi connectivity index (χ1v) is 5.96. The van der Waals surface area contributed by atoms with E-state index in [9.17, 15) is 0 Å². The second-order valence-corrected chi connectivity index (χ2v) is 5.06. The van der Waals surface area contributed by atoms with Gasteiger partial charge in [0.1, 0.15) is 0 Å². The molecular formula is C12H28IN3O. The molecule has 0 aliphatic heterocycles. The average Bonchev–Trinajstić information content (AvgIpc) is 2.24. The van der Waals surface area contributed by atoms with Crippen molar-refractivity contribution >= 4 is 29.9 Å². The van der Waals surface area contributed by atoms with Gasteiger partial charge < -0.3 is 15.8 Å². The number of hydrogen-bond donors (Lipinski definition) is 2. The third-order valence-corrected chi connectivity index (χ3v) is 2.67. The topological polar surface area (TPSA) is 59.6 Å². The number of halogens is 1. The molecule has 0 heterocycles. The first-order valence-electron chi connectivity index (χ1n) is 5.96. The van der Waals surface area contributed by atoms with E-state index in [1.807, 2.05) is 0 Å². The van der Waals surface area contributed by atoms with Gasteiger partial charge in [0.15, 0.2) is 5.96 Å². The van der Waals surface area contributed by atoms with Gasteiger partial charge in [-0.3, -0.25) is 4.99 Å². The second-order valence-electron chi connectivity index (χ2n) is 5.06. The van der Waals surface area contributed by atoms with Crippen molar-refractivity contribution in [2.75, 3.05) is 20.3 Å². The first kappa shape index (κ1) is 19.3. The predicted molar refractivity (Wildman–Crippen MR) is 85.1 cm³/mol. The largest absolute Gasteiger partial charge is 0.385 e. The van der Waals surface area contributed by atoms with E-state index < -0.39 is 0 Å². The molecule has 104 valence electrons. The molecule has 0 bridgehead atoms. The Morgan fingerprint density at radius 3 is 2.53 bits per heavy atom. The molecule has 1 unspecified atom stereocenters. The van der Waals surface area contributed by atoms with Gasteiger partial charge in [-0.25, -0.2) is 0 Å². The fourth-order valence-corrected chi connectivity index (χ4v) is 1.16. The van der Waals surface area contributed by atoms with Gasteiger partial charge >= 0.3 is 0 Å². The van der Waals surface area contributed by atoms with Gasteiger partial charge in [-0.1, -0.05) is 20.8 Å². The zero-order valence-electron chi connectivity index (χ0n) is 11.7. The molecule has 0 saturated heterocycles. The number of guanidine groups is 1. The van der Waals surface area contributed by atoms with Crippen molar-refractivity contribution in [3.05, 3.63) is 0 Å². The van der Waals surface area contributed by atoms with E-state index in [4.69, 9.17) is 10.5 Å². The van der Waals surface area contributed by atoms with Gasteiger partial charge in [0.25, 0.3) is 0 Å². The van der Waals surface area contributed by atoms with E-state index in [0.29, 0.717) is 12.0 Å². The van der Waals surface area contributed by atoms with Crippen molar-refractivity contribution in [2.24, 2.45) is 16.1 Å². The number of methoxy groups -OCH3 is 1. The molecule has 0 aliphatic rings. The average molecular weight is 357 g/mol. The second kappa shape index (κ2) is 9.94. The number of aliphatic imine (C=N–C) groups is 1. The van der Waals surface area contributed by atoms with Crippen LogP contribution in [0.5, 0.6) is 0 Å². The molecule has 0 fully saturated rings. The molecule has 0 aromatic rings. The maximum Gasteiger partial charge on any atom is 0.188 e. The molecule has 0 saturated carbocycles. The van der Waals surface area contributed by atoms with Crippen LogP contribution >= 0.6 is 24.0 Å². The highest BCUT2D eigenvalue weighted by molar-refractivity contribution is 14.0. The summed E-state index contributed by atoms with van der Waals surface area (Å²) in [5.41, 5.74) is 5.93. The Morgan fingerprint density at radius 1 is 1.47 bits per heavy atom. The summed E-state index contributed by atoms with van der Waals surface area (Å²) in [7, 11) is 1.72. The molecule has 0 spiro atoms. The van der Waals surface area contributed by atoms with Gasteiger partial charge in [-0.2, -0.15) is 0 Å². The minimum atomic E-state index is 0. The first-order chi connectivity index (χ1) is 7.41. The smallest absolute Gasteiger partial charge is 0.188 e. The van der Waals surface area contributed by atoms with Crippen molar-refractivity contribution in [1.82, 2.24) is 5.32 Å². The highest BCUT2D eigenvalue weighted by Crippen LogP contribution is 2.20. The molecule has 1 atom stereocenters. The quantitative estimate of drug-likeness (QED) is 0.418. The van der Waals surface area contributed by atoms with Crippen molar-refractivity contribution in [3.63, 3.8) is 0 Å². The Morgan fingerprint density at radius 2 is 2.06 bits per heavy atom. The summed E-state index contributed by atoms with van der Waals surface area (Å²) in [5, 5.41) is 3.15. The Hall–Kier alpha value is -0.0400. The van der Waals surface area contributed by atoms with Gasteiger partial charge in [0.05, 0.1) is 0 Å². The maximum absolute atomic E-state index is 5.79. The van der Waals surface area contributed by atoms with Gasteiger partial charge in [0.2, 0.25) is 0 Å². The zero-order valence-corrected chi connectivity index (χ0v) is 14.1. The number of rotatable bonds is 7. The van der Waals surface area contributed by atoms with E-state index in [0.717, 1.165) is 26.0 Å². The Balaban J connectivity index is 0. The molecule has 0 radical (unpaired) electrons. The van der Waals surface area contributed by atoms with E-state index in [2.05, 4.69) is 38.0 Å². The fourth-order valence-electron chi connectivity index (χ4n) is 1.16. The number of nitrogens with one attached hydrogen (secondary N) is 1. The van der Waals surface area contributed by atoms with E-state index in [1.165, 1.54) is 0 Å². The Kier molecular flexibility index (Phi) is 11.3. The summed E-state index contributed by atoms with van der Waals surface area (Å²) >= 11 is 0. The lowest BCUT2D eigenvalue weighted by Crippen LogP contribution is -2.38. The summed E-state index contributed by atoms with van der Waals surface area (Å²) in [5.74, 6) is 0.542. The van der Waals surface area contributed by atoms with Crippen LogP contribution in [0.4, 0.5) is 0 Å². The van der Waals surface area contributed by atoms with Crippen molar-refractivity contribution in [1.29, 1.82) is 0 Å². The third-order valence-electron chi connectivity index (χ3n) is 2.67. The normalized spacial score (nSPS) is 14.1. The molecule has 4 nitrogen and oxygen atoms in total. The molecule has 0 aromatic heterocycles. The predicted octanol–water partition coefficient (Wildman–Crippen LogP) is 2.37. The van der Waals surface area contributed by atoms with Crippen LogP contribution in [0.1, 0.15) is 40.5 Å². The Labute approximate surface area is 123 Å². The van der Waals surface area contributed by atoms with E-state index in [1.54, 1.807) is 7.11 Å². The van der Waals surface area contributed by atoms with Gasteiger partial charge in [0, 0.05) is 26.3 Å². The van der Waals surface area contributed by atoms with Gasteiger partial charge in [-0.15, -0.1) is 24.0 Å². The third kappa shape index (κ3) is 10.8. The zero-order chi connectivity index (χ0) is 12.6. The highest BCUT2D eigenvalue weighted by atomic mass is 127. The monoisotopic (exact) mass is 357 g/mol. The molecule has 0 amide bonds. The van der Waals surface area contributed by atoms with Crippen molar-refractivity contribution in [2.45, 2.75) is 46.6 Å². The summed E-state index contributed by atoms with van der Waals surface area (Å²) in [6.45, 7) is 10.1. The minimum absolute atomic E-state index is 0. The molecule has 3 N–H and O–H groups in total. The molecular weight excluding hydrogens is 329 g/mol. The number of hydrogen-bond acceptors (Lipinski definition) is 2. The van der Waals surface area contributed by atoms with Crippen LogP contribution in [-0.2, 0) is 4.74 Å². The van der Waals surface area contributed by atoms with Crippen LogP contribution in [0.25, 0.3) is 0 Å². The summed E-state index contributed by atoms with van der Waals surface area (Å²) < 4.78 is 5.07. The van der Waals surface area contributed by atoms with Crippen LogP contribution < -0.4 is 11.1 Å². The van der Waals surface area contributed by atoms with E-state index in [-0.39, 0.29) is 29.4 Å². The fraction of sp³-hybridized carbons (Fsp3) is 0.917. The lowest BCUT2D eigenvalue weighted by Gasteiger charge is -2.22. The highest BCUT2D eigenvalue weighted by Gasteiger charge is 2.17. The number of nitrogens with two attached hydrogens (primary N) is 1. The lowest BCUT2D eigenvalue weighted by molar-refractivity contribution is 0.155. The molecule has 0 aromatic carbocycles. The number of nitrogens with zero attached hydrogens (tertiary/aromatic N) is 1. The minimum Gasteiger partial charge on any atom is -0.385 e. The van der Waals surface area contributed by atoms with Crippen LogP contribution in [0.3, 0.4) is 0 Å². The summed E-state index contributed by atoms with van der Waals surface area (Å²) in [6, 6.07) is 0.380. The molecule has 17 heavy (non-hydrogen) atoms. The van der Waals surface area contributed by atoms with Crippen molar-refractivity contribution < 1.29 is 4.74 Å². The molecule has 5 heteroatoms. The van der Waals surface area contributed by atoms with E-state index >= 15 is 0 Å². The summed E-state index contributed by atoms with van der Waals surface area (Å²) in [6.07, 6.45) is 2.03. The van der Waals surface area contributed by atoms with Crippen LogP contribution in [0, 0.1) is 5.41 Å². The van der Waals surface area contributed by atoms with Crippen molar-refractivity contribution in [3.8, 4) is 0 Å². The number of ether oxygens (including phenoxy) is 1. The van der Waals surface area contributed by atoms with Gasteiger partial charge in [-0.05, 0) is 25.2 Å². The SMILES string of the molecule is CCC(C)NC(N)=NCC(C)(C)CCOC.I. The lowest BCUT2D eigenvalue weighted by atomic mass is 9.90. The maximum atomic E-state index is 5.79.